The zero-order valence-corrected chi connectivity index (χ0v) is 15.7. The molecule has 2 aromatic carbocycles. The first-order chi connectivity index (χ1) is 12.6. The second kappa shape index (κ2) is 7.35. The van der Waals surface area contributed by atoms with E-state index in [2.05, 4.69) is 11.0 Å². The lowest BCUT2D eigenvalue weighted by atomic mass is 9.96. The lowest BCUT2D eigenvalue weighted by Gasteiger charge is -2.38. The van der Waals surface area contributed by atoms with E-state index in [0.29, 0.717) is 11.4 Å². The van der Waals surface area contributed by atoms with E-state index in [-0.39, 0.29) is 6.04 Å². The highest BCUT2D eigenvalue weighted by molar-refractivity contribution is 7.18. The van der Waals surface area contributed by atoms with Gasteiger partial charge in [0.05, 0.1) is 16.3 Å². The number of likely N-dealkylation sites (tertiary alicyclic amines) is 1. The van der Waals surface area contributed by atoms with Crippen molar-refractivity contribution < 1.29 is 9.90 Å². The summed E-state index contributed by atoms with van der Waals surface area (Å²) in [5, 5.41) is 11.3. The van der Waals surface area contributed by atoms with E-state index < -0.39 is 12.0 Å². The van der Waals surface area contributed by atoms with Crippen LogP contribution in [0.3, 0.4) is 0 Å². The molecule has 1 aliphatic rings. The second-order valence-corrected chi connectivity index (χ2v) is 8.06. The molecule has 6 heteroatoms. The number of fused-ring (bicyclic) bond motifs is 1. The Labute approximate surface area is 161 Å². The highest BCUT2D eigenvalue weighted by atomic mass is 35.5. The van der Waals surface area contributed by atoms with Crippen molar-refractivity contribution in [2.75, 3.05) is 6.54 Å². The molecular formula is C20H19ClN2O2S. The molecule has 1 fully saturated rings. The largest absolute Gasteiger partial charge is 0.480 e. The van der Waals surface area contributed by atoms with Crippen molar-refractivity contribution in [2.45, 2.75) is 31.3 Å². The Hall–Kier alpha value is -1.95. The van der Waals surface area contributed by atoms with Crippen LogP contribution in [0.15, 0.2) is 48.5 Å². The Morgan fingerprint density at radius 1 is 1.23 bits per heavy atom. The summed E-state index contributed by atoms with van der Waals surface area (Å²) >= 11 is 7.87. The molecule has 4 rings (SSSR count). The van der Waals surface area contributed by atoms with Crippen molar-refractivity contribution in [3.63, 3.8) is 0 Å². The number of thiazole rings is 1. The third kappa shape index (κ3) is 3.34. The number of halogens is 1. The number of benzene rings is 2. The van der Waals surface area contributed by atoms with E-state index in [1.165, 1.54) is 0 Å². The Kier molecular flexibility index (Phi) is 4.94. The van der Waals surface area contributed by atoms with E-state index in [9.17, 15) is 9.90 Å². The molecule has 0 spiro atoms. The van der Waals surface area contributed by atoms with Gasteiger partial charge < -0.3 is 5.11 Å². The standard InChI is InChI=1S/C20H19ClN2O2S/c21-14-7-5-6-13(12-14)18(23-11-4-3-9-16(23)20(24)25)19-22-15-8-1-2-10-17(15)26-19/h1-2,5-8,10,12,16,18H,3-4,9,11H2,(H,24,25). The SMILES string of the molecule is O=C(O)C1CCCCN1C(c1cccc(Cl)c1)c1nc2ccccc2s1. The highest BCUT2D eigenvalue weighted by Crippen LogP contribution is 2.38. The van der Waals surface area contributed by atoms with Gasteiger partial charge in [-0.1, -0.05) is 42.3 Å². The fraction of sp³-hybridized carbons (Fsp3) is 0.300. The molecule has 2 heterocycles. The first-order valence-electron chi connectivity index (χ1n) is 8.73. The minimum Gasteiger partial charge on any atom is -0.480 e. The molecule has 0 amide bonds. The van der Waals surface area contributed by atoms with Gasteiger partial charge in [0.15, 0.2) is 0 Å². The predicted molar refractivity (Wildman–Crippen MR) is 105 cm³/mol. The minimum absolute atomic E-state index is 0.201. The molecule has 0 radical (unpaired) electrons. The first kappa shape index (κ1) is 17.5. The topological polar surface area (TPSA) is 53.4 Å². The lowest BCUT2D eigenvalue weighted by molar-refractivity contribution is -0.145. The first-order valence-corrected chi connectivity index (χ1v) is 9.92. The fourth-order valence-corrected chi connectivity index (χ4v) is 5.00. The smallest absolute Gasteiger partial charge is 0.320 e. The summed E-state index contributed by atoms with van der Waals surface area (Å²) in [6.07, 6.45) is 2.60. The number of nitrogens with zero attached hydrogens (tertiary/aromatic N) is 2. The molecule has 3 aromatic rings. The van der Waals surface area contributed by atoms with Crippen LogP contribution in [0.1, 0.15) is 35.9 Å². The van der Waals surface area contributed by atoms with E-state index in [1.54, 1.807) is 11.3 Å². The number of hydrogen-bond acceptors (Lipinski definition) is 4. The number of carboxylic acid groups (broad SMARTS) is 1. The molecular weight excluding hydrogens is 368 g/mol. The number of aromatic nitrogens is 1. The molecule has 2 unspecified atom stereocenters. The quantitative estimate of drug-likeness (QED) is 0.687. The number of carboxylic acids is 1. The average molecular weight is 387 g/mol. The van der Waals surface area contributed by atoms with Gasteiger partial charge in [0, 0.05) is 11.6 Å². The van der Waals surface area contributed by atoms with Crippen LogP contribution < -0.4 is 0 Å². The van der Waals surface area contributed by atoms with Crippen LogP contribution in [0.5, 0.6) is 0 Å². The van der Waals surface area contributed by atoms with Gasteiger partial charge in [-0.3, -0.25) is 9.69 Å². The van der Waals surface area contributed by atoms with Gasteiger partial charge in [-0.05, 0) is 42.7 Å². The van der Waals surface area contributed by atoms with Crippen LogP contribution in [0, 0.1) is 0 Å². The zero-order valence-electron chi connectivity index (χ0n) is 14.1. The van der Waals surface area contributed by atoms with Crippen LogP contribution in [0.2, 0.25) is 5.02 Å². The van der Waals surface area contributed by atoms with Gasteiger partial charge in [0.25, 0.3) is 0 Å². The number of carbonyl (C=O) groups is 1. The third-order valence-electron chi connectivity index (χ3n) is 4.87. The maximum Gasteiger partial charge on any atom is 0.320 e. The van der Waals surface area contributed by atoms with Crippen molar-refractivity contribution in [1.29, 1.82) is 0 Å². The summed E-state index contributed by atoms with van der Waals surface area (Å²) in [5.74, 6) is -0.766. The van der Waals surface area contributed by atoms with Crippen molar-refractivity contribution in [2.24, 2.45) is 0 Å². The number of hydrogen-bond donors (Lipinski definition) is 1. The van der Waals surface area contributed by atoms with Crippen LogP contribution in [0.4, 0.5) is 0 Å². The van der Waals surface area contributed by atoms with Gasteiger partial charge in [-0.2, -0.15) is 0 Å². The maximum atomic E-state index is 11.9. The molecule has 0 saturated carbocycles. The molecule has 4 nitrogen and oxygen atoms in total. The minimum atomic E-state index is -0.766. The molecule has 1 aliphatic heterocycles. The fourth-order valence-electron chi connectivity index (χ4n) is 3.69. The Balaban J connectivity index is 1.84. The Bertz CT molecular complexity index is 909. The molecule has 1 saturated heterocycles. The molecule has 0 aliphatic carbocycles. The monoisotopic (exact) mass is 386 g/mol. The molecule has 134 valence electrons. The summed E-state index contributed by atoms with van der Waals surface area (Å²) in [6.45, 7) is 0.740. The van der Waals surface area contributed by atoms with Crippen LogP contribution in [0.25, 0.3) is 10.2 Å². The van der Waals surface area contributed by atoms with E-state index in [0.717, 1.165) is 40.2 Å². The number of para-hydroxylation sites is 1. The van der Waals surface area contributed by atoms with E-state index in [4.69, 9.17) is 16.6 Å². The Morgan fingerprint density at radius 2 is 2.08 bits per heavy atom. The van der Waals surface area contributed by atoms with Crippen molar-refractivity contribution >= 4 is 39.1 Å². The van der Waals surface area contributed by atoms with Gasteiger partial charge in [0.2, 0.25) is 0 Å². The van der Waals surface area contributed by atoms with Crippen LogP contribution in [-0.2, 0) is 4.79 Å². The number of piperidine rings is 1. The summed E-state index contributed by atoms with van der Waals surface area (Å²) in [7, 11) is 0. The van der Waals surface area contributed by atoms with Crippen LogP contribution >= 0.6 is 22.9 Å². The summed E-state index contributed by atoms with van der Waals surface area (Å²) in [4.78, 5) is 18.8. The lowest BCUT2D eigenvalue weighted by Crippen LogP contribution is -2.46. The summed E-state index contributed by atoms with van der Waals surface area (Å²) in [5.41, 5.74) is 1.94. The summed E-state index contributed by atoms with van der Waals surface area (Å²) in [6, 6.07) is 15.0. The zero-order chi connectivity index (χ0) is 18.1. The highest BCUT2D eigenvalue weighted by Gasteiger charge is 2.36. The average Bonchev–Trinajstić information content (AvgIpc) is 3.06. The normalized spacial score (nSPS) is 19.5. The molecule has 1 aromatic heterocycles. The number of aliphatic carboxylic acids is 1. The number of rotatable bonds is 4. The van der Waals surface area contributed by atoms with Gasteiger partial charge in [-0.15, -0.1) is 11.3 Å². The van der Waals surface area contributed by atoms with E-state index >= 15 is 0 Å². The van der Waals surface area contributed by atoms with Gasteiger partial charge in [0.1, 0.15) is 11.0 Å². The van der Waals surface area contributed by atoms with Crippen LogP contribution in [-0.4, -0.2) is 33.5 Å². The van der Waals surface area contributed by atoms with Crippen molar-refractivity contribution in [3.05, 3.63) is 64.1 Å². The van der Waals surface area contributed by atoms with Crippen molar-refractivity contribution in [1.82, 2.24) is 9.88 Å². The summed E-state index contributed by atoms with van der Waals surface area (Å²) < 4.78 is 1.11. The maximum absolute atomic E-state index is 11.9. The van der Waals surface area contributed by atoms with Crippen molar-refractivity contribution in [3.8, 4) is 0 Å². The van der Waals surface area contributed by atoms with Gasteiger partial charge >= 0.3 is 5.97 Å². The molecule has 1 N–H and O–H groups in total. The Morgan fingerprint density at radius 3 is 2.85 bits per heavy atom. The third-order valence-corrected chi connectivity index (χ3v) is 6.19. The van der Waals surface area contributed by atoms with E-state index in [1.807, 2.05) is 42.5 Å². The molecule has 26 heavy (non-hydrogen) atoms. The predicted octanol–water partition coefficient (Wildman–Crippen LogP) is 4.98. The molecule has 0 bridgehead atoms. The van der Waals surface area contributed by atoms with Gasteiger partial charge in [-0.25, -0.2) is 4.98 Å². The second-order valence-electron chi connectivity index (χ2n) is 6.57. The molecule has 2 atom stereocenters.